The second-order valence-electron chi connectivity index (χ2n) is 8.28. The molecule has 0 aliphatic carbocycles. The number of anilines is 1. The number of benzene rings is 3. The van der Waals surface area contributed by atoms with E-state index in [4.69, 9.17) is 14.2 Å². The number of amides is 2. The van der Waals surface area contributed by atoms with E-state index in [9.17, 15) is 14.0 Å². The fraction of sp³-hybridized carbons (Fsp3) is 0.259. The number of rotatable bonds is 8. The van der Waals surface area contributed by atoms with Crippen molar-refractivity contribution >= 4 is 17.5 Å². The molecule has 35 heavy (non-hydrogen) atoms. The zero-order valence-corrected chi connectivity index (χ0v) is 20.1. The van der Waals surface area contributed by atoms with Gasteiger partial charge >= 0.3 is 0 Å². The van der Waals surface area contributed by atoms with Crippen LogP contribution in [0.4, 0.5) is 10.1 Å². The normalized spacial score (nSPS) is 13.3. The van der Waals surface area contributed by atoms with Crippen molar-refractivity contribution in [2.45, 2.75) is 25.9 Å². The van der Waals surface area contributed by atoms with Gasteiger partial charge in [-0.05, 0) is 60.0 Å². The molecule has 3 aromatic rings. The van der Waals surface area contributed by atoms with Gasteiger partial charge in [-0.1, -0.05) is 18.2 Å². The van der Waals surface area contributed by atoms with E-state index in [1.165, 1.54) is 39.5 Å². The summed E-state index contributed by atoms with van der Waals surface area (Å²) in [5, 5.41) is 2.85. The van der Waals surface area contributed by atoms with E-state index in [0.29, 0.717) is 46.2 Å². The van der Waals surface area contributed by atoms with Gasteiger partial charge in [0, 0.05) is 17.8 Å². The summed E-state index contributed by atoms with van der Waals surface area (Å²) in [4.78, 5) is 28.2. The molecule has 0 spiro atoms. The van der Waals surface area contributed by atoms with Crippen LogP contribution in [0.25, 0.3) is 0 Å². The van der Waals surface area contributed by atoms with Crippen LogP contribution < -0.4 is 19.5 Å². The first-order chi connectivity index (χ1) is 16.9. The number of hydrogen-bond acceptors (Lipinski definition) is 5. The number of aryl methyl sites for hydroxylation is 1. The van der Waals surface area contributed by atoms with Crippen molar-refractivity contribution in [2.75, 3.05) is 26.6 Å². The molecule has 2 amide bonds. The smallest absolute Gasteiger partial charge is 0.255 e. The SMILES string of the molecule is COc1cc([C@@H](CC(=O)Nc2ccc(F)cc2C)N2Cc3ccccc3C2=O)cc(OC)c1OC. The Kier molecular flexibility index (Phi) is 6.91. The van der Waals surface area contributed by atoms with Crippen molar-refractivity contribution in [3.63, 3.8) is 0 Å². The van der Waals surface area contributed by atoms with E-state index in [1.807, 2.05) is 18.2 Å². The average Bonchev–Trinajstić information content (AvgIpc) is 3.19. The lowest BCUT2D eigenvalue weighted by molar-refractivity contribution is -0.117. The van der Waals surface area contributed by atoms with Gasteiger partial charge in [0.1, 0.15) is 5.82 Å². The Balaban J connectivity index is 1.72. The summed E-state index contributed by atoms with van der Waals surface area (Å²) in [6, 6.07) is 14.4. The van der Waals surface area contributed by atoms with Crippen LogP contribution in [0.1, 0.15) is 39.5 Å². The Bertz CT molecular complexity index is 1250. The number of carbonyl (C=O) groups is 2. The largest absolute Gasteiger partial charge is 0.493 e. The minimum absolute atomic E-state index is 0.0326. The Morgan fingerprint density at radius 1 is 1.03 bits per heavy atom. The number of nitrogens with one attached hydrogen (secondary N) is 1. The van der Waals surface area contributed by atoms with E-state index in [2.05, 4.69) is 5.32 Å². The number of methoxy groups -OCH3 is 3. The first kappa shape index (κ1) is 24.1. The summed E-state index contributed by atoms with van der Waals surface area (Å²) in [6.07, 6.45) is -0.0326. The van der Waals surface area contributed by atoms with E-state index < -0.39 is 6.04 Å². The van der Waals surface area contributed by atoms with Crippen LogP contribution in [0, 0.1) is 12.7 Å². The predicted octanol–water partition coefficient (Wildman–Crippen LogP) is 4.89. The Hall–Kier alpha value is -4.07. The molecule has 7 nitrogen and oxygen atoms in total. The molecule has 0 radical (unpaired) electrons. The van der Waals surface area contributed by atoms with Gasteiger partial charge in [0.05, 0.1) is 33.8 Å². The van der Waals surface area contributed by atoms with Crippen molar-refractivity contribution in [1.29, 1.82) is 0 Å². The number of nitrogens with zero attached hydrogens (tertiary/aromatic N) is 1. The number of fused-ring (bicyclic) bond motifs is 1. The molecule has 1 heterocycles. The lowest BCUT2D eigenvalue weighted by atomic mass is 10.00. The van der Waals surface area contributed by atoms with Gasteiger partial charge in [0.2, 0.25) is 11.7 Å². The van der Waals surface area contributed by atoms with Crippen molar-refractivity contribution in [3.05, 3.63) is 82.7 Å². The molecule has 1 aliphatic heterocycles. The minimum atomic E-state index is -0.621. The fourth-order valence-electron chi connectivity index (χ4n) is 4.37. The molecule has 1 aliphatic rings. The summed E-state index contributed by atoms with van der Waals surface area (Å²) >= 11 is 0. The third-order valence-electron chi connectivity index (χ3n) is 6.14. The van der Waals surface area contributed by atoms with Gasteiger partial charge in [0.25, 0.3) is 5.91 Å². The van der Waals surface area contributed by atoms with E-state index in [1.54, 1.807) is 30.0 Å². The van der Waals surface area contributed by atoms with Crippen molar-refractivity contribution in [2.24, 2.45) is 0 Å². The van der Waals surface area contributed by atoms with Crippen molar-refractivity contribution < 1.29 is 28.2 Å². The van der Waals surface area contributed by atoms with Crippen LogP contribution in [0.3, 0.4) is 0 Å². The number of halogens is 1. The molecule has 1 N–H and O–H groups in total. The Morgan fingerprint density at radius 3 is 2.31 bits per heavy atom. The maximum Gasteiger partial charge on any atom is 0.255 e. The van der Waals surface area contributed by atoms with Crippen LogP contribution in [-0.2, 0) is 11.3 Å². The van der Waals surface area contributed by atoms with Crippen molar-refractivity contribution in [3.8, 4) is 17.2 Å². The minimum Gasteiger partial charge on any atom is -0.493 e. The summed E-state index contributed by atoms with van der Waals surface area (Å²) < 4.78 is 29.9. The van der Waals surface area contributed by atoms with Crippen molar-refractivity contribution in [1.82, 2.24) is 4.90 Å². The van der Waals surface area contributed by atoms with Crippen LogP contribution in [0.15, 0.2) is 54.6 Å². The predicted molar refractivity (Wildman–Crippen MR) is 130 cm³/mol. The maximum atomic E-state index is 13.5. The van der Waals surface area contributed by atoms with E-state index in [-0.39, 0.29) is 24.1 Å². The molecule has 4 rings (SSSR count). The quantitative estimate of drug-likeness (QED) is 0.499. The van der Waals surface area contributed by atoms with Gasteiger partial charge in [0.15, 0.2) is 11.5 Å². The second-order valence-corrected chi connectivity index (χ2v) is 8.28. The Labute approximate surface area is 203 Å². The topological polar surface area (TPSA) is 77.1 Å². The highest BCUT2D eigenvalue weighted by atomic mass is 19.1. The molecule has 0 fully saturated rings. The molecule has 0 saturated heterocycles. The zero-order valence-electron chi connectivity index (χ0n) is 20.1. The van der Waals surface area contributed by atoms with Crippen LogP contribution >= 0.6 is 0 Å². The second kappa shape index (κ2) is 10.0. The zero-order chi connectivity index (χ0) is 25.1. The molecular weight excluding hydrogens is 451 g/mol. The van der Waals surface area contributed by atoms with Gasteiger partial charge in [-0.3, -0.25) is 9.59 Å². The number of ether oxygens (including phenoxy) is 3. The molecule has 3 aromatic carbocycles. The van der Waals surface area contributed by atoms with E-state index >= 15 is 0 Å². The molecule has 0 bridgehead atoms. The third kappa shape index (κ3) is 4.77. The summed E-state index contributed by atoms with van der Waals surface area (Å²) in [6.45, 7) is 2.08. The number of hydrogen-bond donors (Lipinski definition) is 1. The molecular formula is C27H27FN2O5. The summed E-state index contributed by atoms with van der Waals surface area (Å²) in [5.41, 5.74) is 3.28. The first-order valence-corrected chi connectivity index (χ1v) is 11.1. The van der Waals surface area contributed by atoms with Crippen LogP contribution in [0.5, 0.6) is 17.2 Å². The lowest BCUT2D eigenvalue weighted by Gasteiger charge is -2.29. The van der Waals surface area contributed by atoms with E-state index in [0.717, 1.165) is 5.56 Å². The summed E-state index contributed by atoms with van der Waals surface area (Å²) in [7, 11) is 4.53. The van der Waals surface area contributed by atoms with Gasteiger partial charge in [-0.25, -0.2) is 4.39 Å². The molecule has 1 atom stereocenters. The lowest BCUT2D eigenvalue weighted by Crippen LogP contribution is -2.32. The third-order valence-corrected chi connectivity index (χ3v) is 6.14. The molecule has 0 unspecified atom stereocenters. The molecule has 0 saturated carbocycles. The average molecular weight is 479 g/mol. The monoisotopic (exact) mass is 478 g/mol. The highest BCUT2D eigenvalue weighted by molar-refractivity contribution is 5.99. The first-order valence-electron chi connectivity index (χ1n) is 11.1. The summed E-state index contributed by atoms with van der Waals surface area (Å²) in [5.74, 6) is 0.403. The highest BCUT2D eigenvalue weighted by Gasteiger charge is 2.35. The van der Waals surface area contributed by atoms with Gasteiger partial charge in [-0.15, -0.1) is 0 Å². The molecule has 182 valence electrons. The fourth-order valence-corrected chi connectivity index (χ4v) is 4.37. The van der Waals surface area contributed by atoms with Gasteiger partial charge < -0.3 is 24.4 Å². The Morgan fingerprint density at radius 2 is 1.71 bits per heavy atom. The highest BCUT2D eigenvalue weighted by Crippen LogP contribution is 2.43. The molecule has 8 heteroatoms. The number of carbonyl (C=O) groups excluding carboxylic acids is 2. The maximum absolute atomic E-state index is 13.5. The molecule has 0 aromatic heterocycles. The van der Waals surface area contributed by atoms with Gasteiger partial charge in [-0.2, -0.15) is 0 Å². The van der Waals surface area contributed by atoms with Crippen LogP contribution in [-0.4, -0.2) is 38.0 Å². The standard InChI is InChI=1S/C27H27FN2O5/c1-16-11-19(28)9-10-21(16)29-25(31)14-22(30-15-17-7-5-6-8-20(17)27(30)32)18-12-23(33-2)26(35-4)24(13-18)34-3/h5-13,22H,14-15H2,1-4H3,(H,29,31)/t22-/m1/s1. The van der Waals surface area contributed by atoms with Crippen LogP contribution in [0.2, 0.25) is 0 Å².